The highest BCUT2D eigenvalue weighted by atomic mass is 16.5. The molecule has 0 radical (unpaired) electrons. The predicted octanol–water partition coefficient (Wildman–Crippen LogP) is 2.32. The standard InChI is InChI=1S/C17H16N2O2/c20-17(19-10-13-5-3-9-18-14(13)11-19)16-8-7-12-4-1-2-6-15(12)21-16/h1-6,9,16H,7-8,10-11H2. The Labute approximate surface area is 123 Å². The summed E-state index contributed by atoms with van der Waals surface area (Å²) in [5, 5.41) is 0. The van der Waals surface area contributed by atoms with Gasteiger partial charge in [-0.3, -0.25) is 9.78 Å². The third-order valence-electron chi connectivity index (χ3n) is 4.19. The first-order chi connectivity index (χ1) is 10.3. The Morgan fingerprint density at radius 3 is 2.90 bits per heavy atom. The van der Waals surface area contributed by atoms with E-state index in [-0.39, 0.29) is 12.0 Å². The van der Waals surface area contributed by atoms with Crippen LogP contribution in [-0.4, -0.2) is 21.9 Å². The number of nitrogens with zero attached hydrogens (tertiary/aromatic N) is 2. The predicted molar refractivity (Wildman–Crippen MR) is 77.7 cm³/mol. The number of benzene rings is 1. The molecule has 4 nitrogen and oxygen atoms in total. The molecular weight excluding hydrogens is 264 g/mol. The van der Waals surface area contributed by atoms with Gasteiger partial charge in [0.25, 0.3) is 5.91 Å². The zero-order chi connectivity index (χ0) is 14.2. The SMILES string of the molecule is O=C(C1CCc2ccccc2O1)N1Cc2cccnc2C1. The summed E-state index contributed by atoms with van der Waals surface area (Å²) >= 11 is 0. The molecule has 2 aliphatic heterocycles. The molecule has 2 aliphatic rings. The number of hydrogen-bond acceptors (Lipinski definition) is 3. The minimum absolute atomic E-state index is 0.0718. The Kier molecular flexibility index (Phi) is 2.88. The number of para-hydroxylation sites is 1. The molecule has 106 valence electrons. The number of carbonyl (C=O) groups excluding carboxylic acids is 1. The molecule has 3 heterocycles. The van der Waals surface area contributed by atoms with E-state index in [1.165, 1.54) is 5.56 Å². The van der Waals surface area contributed by atoms with E-state index in [2.05, 4.69) is 11.1 Å². The molecule has 2 aromatic rings. The van der Waals surface area contributed by atoms with Crippen molar-refractivity contribution in [3.05, 3.63) is 59.4 Å². The molecule has 21 heavy (non-hydrogen) atoms. The quantitative estimate of drug-likeness (QED) is 0.805. The molecule has 4 rings (SSSR count). The Hall–Kier alpha value is -2.36. The number of carbonyl (C=O) groups is 1. The zero-order valence-corrected chi connectivity index (χ0v) is 11.7. The first kappa shape index (κ1) is 12.4. The minimum Gasteiger partial charge on any atom is -0.480 e. The van der Waals surface area contributed by atoms with Crippen molar-refractivity contribution >= 4 is 5.91 Å². The summed E-state index contributed by atoms with van der Waals surface area (Å²) in [4.78, 5) is 18.8. The first-order valence-electron chi connectivity index (χ1n) is 7.27. The van der Waals surface area contributed by atoms with Gasteiger partial charge >= 0.3 is 0 Å². The van der Waals surface area contributed by atoms with Crippen LogP contribution in [0, 0.1) is 0 Å². The summed E-state index contributed by atoms with van der Waals surface area (Å²) < 4.78 is 5.89. The maximum absolute atomic E-state index is 12.7. The van der Waals surface area contributed by atoms with E-state index in [9.17, 15) is 4.79 Å². The van der Waals surface area contributed by atoms with Gasteiger partial charge in [-0.05, 0) is 36.1 Å². The molecule has 0 spiro atoms. The Morgan fingerprint density at radius 2 is 2.00 bits per heavy atom. The van der Waals surface area contributed by atoms with Gasteiger partial charge in [0.05, 0.1) is 12.2 Å². The van der Waals surface area contributed by atoms with Crippen LogP contribution in [-0.2, 0) is 24.3 Å². The summed E-state index contributed by atoms with van der Waals surface area (Å²) in [7, 11) is 0. The van der Waals surface area contributed by atoms with Crippen LogP contribution in [0.5, 0.6) is 5.75 Å². The van der Waals surface area contributed by atoms with Crippen LogP contribution in [0.15, 0.2) is 42.6 Å². The van der Waals surface area contributed by atoms with Gasteiger partial charge in [-0.1, -0.05) is 24.3 Å². The smallest absolute Gasteiger partial charge is 0.264 e. The second-order valence-electron chi connectivity index (χ2n) is 5.56. The van der Waals surface area contributed by atoms with Crippen LogP contribution in [0.1, 0.15) is 23.2 Å². The van der Waals surface area contributed by atoms with Crippen molar-refractivity contribution in [2.75, 3.05) is 0 Å². The van der Waals surface area contributed by atoms with E-state index in [0.29, 0.717) is 13.1 Å². The Bertz CT molecular complexity index is 674. The normalized spacial score (nSPS) is 19.6. The molecule has 1 aromatic heterocycles. The molecule has 1 atom stereocenters. The fraction of sp³-hybridized carbons (Fsp3) is 0.294. The molecule has 0 fully saturated rings. The summed E-state index contributed by atoms with van der Waals surface area (Å²) in [6.45, 7) is 1.24. The van der Waals surface area contributed by atoms with Crippen molar-refractivity contribution in [1.29, 1.82) is 0 Å². The lowest BCUT2D eigenvalue weighted by atomic mass is 10.0. The van der Waals surface area contributed by atoms with E-state index >= 15 is 0 Å². The second kappa shape index (κ2) is 4.88. The largest absolute Gasteiger partial charge is 0.480 e. The van der Waals surface area contributed by atoms with Gasteiger partial charge in [-0.15, -0.1) is 0 Å². The lowest BCUT2D eigenvalue weighted by molar-refractivity contribution is -0.140. The topological polar surface area (TPSA) is 42.4 Å². The average Bonchev–Trinajstić information content (AvgIpc) is 2.97. The minimum atomic E-state index is -0.366. The van der Waals surface area contributed by atoms with Gasteiger partial charge in [0, 0.05) is 12.7 Å². The van der Waals surface area contributed by atoms with Crippen molar-refractivity contribution in [3.63, 3.8) is 0 Å². The number of hydrogen-bond donors (Lipinski definition) is 0. The average molecular weight is 280 g/mol. The summed E-state index contributed by atoms with van der Waals surface area (Å²) in [6, 6.07) is 11.9. The van der Waals surface area contributed by atoms with Crippen LogP contribution < -0.4 is 4.74 Å². The maximum Gasteiger partial charge on any atom is 0.264 e. The van der Waals surface area contributed by atoms with Crippen LogP contribution in [0.2, 0.25) is 0 Å². The number of amides is 1. The van der Waals surface area contributed by atoms with Crippen molar-refractivity contribution in [3.8, 4) is 5.75 Å². The molecule has 0 bridgehead atoms. The number of fused-ring (bicyclic) bond motifs is 2. The maximum atomic E-state index is 12.7. The number of ether oxygens (including phenoxy) is 1. The third-order valence-corrected chi connectivity index (χ3v) is 4.19. The third kappa shape index (κ3) is 2.17. The van der Waals surface area contributed by atoms with Crippen LogP contribution >= 0.6 is 0 Å². The van der Waals surface area contributed by atoms with Gasteiger partial charge in [0.15, 0.2) is 6.10 Å². The zero-order valence-electron chi connectivity index (χ0n) is 11.7. The molecule has 1 amide bonds. The number of rotatable bonds is 1. The van der Waals surface area contributed by atoms with Gasteiger partial charge < -0.3 is 9.64 Å². The summed E-state index contributed by atoms with van der Waals surface area (Å²) in [5.41, 5.74) is 3.33. The van der Waals surface area contributed by atoms with Crippen LogP contribution in [0.4, 0.5) is 0 Å². The molecule has 0 saturated heterocycles. The molecule has 0 saturated carbocycles. The highest BCUT2D eigenvalue weighted by molar-refractivity contribution is 5.82. The summed E-state index contributed by atoms with van der Waals surface area (Å²) in [5.74, 6) is 0.916. The van der Waals surface area contributed by atoms with Gasteiger partial charge in [-0.2, -0.15) is 0 Å². The molecule has 4 heteroatoms. The van der Waals surface area contributed by atoms with E-state index in [4.69, 9.17) is 4.74 Å². The fourth-order valence-electron chi connectivity index (χ4n) is 3.06. The second-order valence-corrected chi connectivity index (χ2v) is 5.56. The molecular formula is C17H16N2O2. The van der Waals surface area contributed by atoms with Crippen molar-refractivity contribution in [2.24, 2.45) is 0 Å². The van der Waals surface area contributed by atoms with E-state index < -0.39 is 0 Å². The fourth-order valence-corrected chi connectivity index (χ4v) is 3.06. The molecule has 0 N–H and O–H groups in total. The number of aryl methyl sites for hydroxylation is 1. The molecule has 1 aromatic carbocycles. The van der Waals surface area contributed by atoms with Crippen LogP contribution in [0.3, 0.4) is 0 Å². The summed E-state index contributed by atoms with van der Waals surface area (Å²) in [6.07, 6.45) is 3.05. The highest BCUT2D eigenvalue weighted by Gasteiger charge is 2.33. The molecule has 1 unspecified atom stereocenters. The Morgan fingerprint density at radius 1 is 1.14 bits per heavy atom. The highest BCUT2D eigenvalue weighted by Crippen LogP contribution is 2.29. The lowest BCUT2D eigenvalue weighted by Crippen LogP contribution is -2.41. The van der Waals surface area contributed by atoms with E-state index in [0.717, 1.165) is 29.8 Å². The number of aromatic nitrogens is 1. The van der Waals surface area contributed by atoms with E-state index in [1.54, 1.807) is 6.20 Å². The van der Waals surface area contributed by atoms with E-state index in [1.807, 2.05) is 35.2 Å². The van der Waals surface area contributed by atoms with Crippen molar-refractivity contribution < 1.29 is 9.53 Å². The lowest BCUT2D eigenvalue weighted by Gasteiger charge is -2.28. The van der Waals surface area contributed by atoms with Gasteiger partial charge in [0.1, 0.15) is 5.75 Å². The Balaban J connectivity index is 1.50. The molecule has 0 aliphatic carbocycles. The van der Waals surface area contributed by atoms with Gasteiger partial charge in [0.2, 0.25) is 0 Å². The van der Waals surface area contributed by atoms with Crippen molar-refractivity contribution in [1.82, 2.24) is 9.88 Å². The van der Waals surface area contributed by atoms with Gasteiger partial charge in [-0.25, -0.2) is 0 Å². The van der Waals surface area contributed by atoms with Crippen LogP contribution in [0.25, 0.3) is 0 Å². The van der Waals surface area contributed by atoms with Crippen molar-refractivity contribution in [2.45, 2.75) is 32.0 Å². The first-order valence-corrected chi connectivity index (χ1v) is 7.27. The number of pyridine rings is 1. The monoisotopic (exact) mass is 280 g/mol.